The number of hydrogen-bond donors (Lipinski definition) is 3. The first-order valence-corrected chi connectivity index (χ1v) is 5.70. The molecule has 0 saturated carbocycles. The molecule has 1 amide bonds. The summed E-state index contributed by atoms with van der Waals surface area (Å²) in [6.45, 7) is 1.97. The molecule has 0 atom stereocenters. The first kappa shape index (κ1) is 12.9. The molecule has 7 nitrogen and oxygen atoms in total. The Labute approximate surface area is 107 Å². The first-order valence-electron chi connectivity index (χ1n) is 5.70. The average Bonchev–Trinajstić information content (AvgIpc) is 2.65. The summed E-state index contributed by atoms with van der Waals surface area (Å²) in [5.41, 5.74) is 0.458. The minimum Gasteiger partial charge on any atom is -0.478 e. The number of nitrogens with one attached hydrogen (secondary N) is 2. The van der Waals surface area contributed by atoms with Gasteiger partial charge < -0.3 is 15.4 Å². The highest BCUT2D eigenvalue weighted by molar-refractivity contribution is 6.00. The van der Waals surface area contributed by atoms with Crippen LogP contribution in [0.3, 0.4) is 0 Å². The minimum atomic E-state index is -1.10. The molecule has 0 unspecified atom stereocenters. The number of aromatic amines is 1. The van der Waals surface area contributed by atoms with Crippen molar-refractivity contribution in [1.82, 2.24) is 14.9 Å². The molecular formula is C12H13N3O4. The fraction of sp³-hybridized carbons (Fsp3) is 0.250. The van der Waals surface area contributed by atoms with Crippen molar-refractivity contribution < 1.29 is 14.7 Å². The van der Waals surface area contributed by atoms with E-state index in [1.54, 1.807) is 12.1 Å². The lowest BCUT2D eigenvalue weighted by molar-refractivity contribution is -0.118. The van der Waals surface area contributed by atoms with Crippen molar-refractivity contribution in [3.8, 4) is 0 Å². The molecule has 19 heavy (non-hydrogen) atoms. The summed E-state index contributed by atoms with van der Waals surface area (Å²) < 4.78 is 1.40. The molecule has 1 heterocycles. The lowest BCUT2D eigenvalue weighted by Gasteiger charge is -2.04. The summed E-state index contributed by atoms with van der Waals surface area (Å²) >= 11 is 0. The van der Waals surface area contributed by atoms with Gasteiger partial charge in [0.2, 0.25) is 5.91 Å². The summed E-state index contributed by atoms with van der Waals surface area (Å²) in [5.74, 6) is -1.28. The van der Waals surface area contributed by atoms with Gasteiger partial charge in [0.1, 0.15) is 0 Å². The maximum atomic E-state index is 11.8. The van der Waals surface area contributed by atoms with Crippen LogP contribution in [0.15, 0.2) is 23.0 Å². The number of rotatable bonds is 4. The Kier molecular flexibility index (Phi) is 3.37. The highest BCUT2D eigenvalue weighted by Crippen LogP contribution is 2.15. The lowest BCUT2D eigenvalue weighted by Crippen LogP contribution is -2.28. The number of benzene rings is 1. The van der Waals surface area contributed by atoms with E-state index in [4.69, 9.17) is 5.11 Å². The molecule has 0 spiro atoms. The van der Waals surface area contributed by atoms with Crippen molar-refractivity contribution in [3.05, 3.63) is 34.2 Å². The van der Waals surface area contributed by atoms with Crippen LogP contribution >= 0.6 is 0 Å². The van der Waals surface area contributed by atoms with Gasteiger partial charge in [-0.1, -0.05) is 6.07 Å². The molecule has 2 rings (SSSR count). The van der Waals surface area contributed by atoms with E-state index in [1.165, 1.54) is 17.6 Å². The highest BCUT2D eigenvalue weighted by Gasteiger charge is 2.13. The van der Waals surface area contributed by atoms with E-state index in [0.717, 1.165) is 0 Å². The highest BCUT2D eigenvalue weighted by atomic mass is 16.4. The second kappa shape index (κ2) is 4.97. The maximum Gasteiger partial charge on any atom is 0.337 e. The predicted molar refractivity (Wildman–Crippen MR) is 68.2 cm³/mol. The summed E-state index contributed by atoms with van der Waals surface area (Å²) in [5, 5.41) is 11.6. The van der Waals surface area contributed by atoms with Gasteiger partial charge in [-0.15, -0.1) is 0 Å². The Morgan fingerprint density at radius 1 is 1.42 bits per heavy atom. The molecule has 0 radical (unpaired) electrons. The van der Waals surface area contributed by atoms with Crippen LogP contribution in [0.2, 0.25) is 0 Å². The zero-order valence-corrected chi connectivity index (χ0v) is 10.3. The van der Waals surface area contributed by atoms with Crippen LogP contribution < -0.4 is 11.0 Å². The minimum absolute atomic E-state index is 0.0490. The Morgan fingerprint density at radius 2 is 2.16 bits per heavy atom. The Morgan fingerprint density at radius 3 is 2.79 bits per heavy atom. The maximum absolute atomic E-state index is 11.8. The molecule has 1 aromatic heterocycles. The zero-order chi connectivity index (χ0) is 14.0. The molecule has 100 valence electrons. The lowest BCUT2D eigenvalue weighted by atomic mass is 10.2. The van der Waals surface area contributed by atoms with E-state index in [-0.39, 0.29) is 18.0 Å². The van der Waals surface area contributed by atoms with Crippen LogP contribution in [0.25, 0.3) is 11.0 Å². The SMILES string of the molecule is CC(=O)NCCn1c(=O)[nH]c2c(C(=O)O)cccc21. The largest absolute Gasteiger partial charge is 0.478 e. The molecule has 1 aromatic carbocycles. The standard InChI is InChI=1S/C12H13N3O4/c1-7(16)13-5-6-15-9-4-2-3-8(11(17)18)10(9)14-12(15)19/h2-4H,5-6H2,1H3,(H,13,16)(H,14,19)(H,17,18). The monoisotopic (exact) mass is 263 g/mol. The summed E-state index contributed by atoms with van der Waals surface area (Å²) in [6.07, 6.45) is 0. The summed E-state index contributed by atoms with van der Waals surface area (Å²) in [7, 11) is 0. The van der Waals surface area contributed by atoms with Gasteiger partial charge >= 0.3 is 11.7 Å². The van der Waals surface area contributed by atoms with Gasteiger partial charge in [-0.2, -0.15) is 0 Å². The number of aromatic nitrogens is 2. The molecule has 0 saturated heterocycles. The molecule has 0 aliphatic rings. The van der Waals surface area contributed by atoms with Gasteiger partial charge in [0.25, 0.3) is 0 Å². The molecule has 0 aliphatic heterocycles. The van der Waals surface area contributed by atoms with Crippen molar-refractivity contribution in [1.29, 1.82) is 0 Å². The van der Waals surface area contributed by atoms with Gasteiger partial charge in [-0.3, -0.25) is 9.36 Å². The van der Waals surface area contributed by atoms with Gasteiger partial charge in [-0.05, 0) is 12.1 Å². The van der Waals surface area contributed by atoms with Crippen LogP contribution in [-0.2, 0) is 11.3 Å². The predicted octanol–water partition coefficient (Wildman–Crippen LogP) is 0.164. The number of carbonyl (C=O) groups excluding carboxylic acids is 1. The number of carboxylic acid groups (broad SMARTS) is 1. The zero-order valence-electron chi connectivity index (χ0n) is 10.3. The van der Waals surface area contributed by atoms with Crippen LogP contribution in [0.1, 0.15) is 17.3 Å². The third kappa shape index (κ3) is 2.49. The Balaban J connectivity index is 2.42. The number of H-pyrrole nitrogens is 1. The molecule has 0 bridgehead atoms. The van der Waals surface area contributed by atoms with E-state index in [9.17, 15) is 14.4 Å². The molecule has 3 N–H and O–H groups in total. The van der Waals surface area contributed by atoms with E-state index in [0.29, 0.717) is 17.6 Å². The number of aromatic carboxylic acids is 1. The quantitative estimate of drug-likeness (QED) is 0.731. The normalized spacial score (nSPS) is 10.6. The van der Waals surface area contributed by atoms with E-state index in [1.807, 2.05) is 0 Å². The van der Waals surface area contributed by atoms with Gasteiger partial charge in [0.05, 0.1) is 16.6 Å². The van der Waals surface area contributed by atoms with Crippen LogP contribution in [0.5, 0.6) is 0 Å². The van der Waals surface area contributed by atoms with Crippen molar-refractivity contribution in [3.63, 3.8) is 0 Å². The number of carboxylic acids is 1. The summed E-state index contributed by atoms with van der Waals surface area (Å²) in [4.78, 5) is 36.2. The molecule has 0 aliphatic carbocycles. The van der Waals surface area contributed by atoms with Gasteiger partial charge in [0, 0.05) is 20.0 Å². The number of fused-ring (bicyclic) bond motifs is 1. The van der Waals surface area contributed by atoms with Crippen molar-refractivity contribution in [2.45, 2.75) is 13.5 Å². The molecule has 7 heteroatoms. The fourth-order valence-electron chi connectivity index (χ4n) is 1.92. The number of para-hydroxylation sites is 1. The number of nitrogens with zero attached hydrogens (tertiary/aromatic N) is 1. The van der Waals surface area contributed by atoms with E-state index in [2.05, 4.69) is 10.3 Å². The molecular weight excluding hydrogens is 250 g/mol. The van der Waals surface area contributed by atoms with E-state index < -0.39 is 11.7 Å². The van der Waals surface area contributed by atoms with Crippen molar-refractivity contribution in [2.75, 3.05) is 6.54 Å². The second-order valence-electron chi connectivity index (χ2n) is 4.07. The summed E-state index contributed by atoms with van der Waals surface area (Å²) in [6, 6.07) is 4.67. The smallest absolute Gasteiger partial charge is 0.337 e. The second-order valence-corrected chi connectivity index (χ2v) is 4.07. The Hall–Kier alpha value is -2.57. The third-order valence-corrected chi connectivity index (χ3v) is 2.75. The van der Waals surface area contributed by atoms with Crippen LogP contribution in [0.4, 0.5) is 0 Å². The number of amides is 1. The molecule has 2 aromatic rings. The topological polar surface area (TPSA) is 104 Å². The third-order valence-electron chi connectivity index (χ3n) is 2.75. The molecule has 0 fully saturated rings. The van der Waals surface area contributed by atoms with E-state index >= 15 is 0 Å². The Bertz CT molecular complexity index is 699. The van der Waals surface area contributed by atoms with Crippen molar-refractivity contribution >= 4 is 22.9 Å². The van der Waals surface area contributed by atoms with Crippen molar-refractivity contribution in [2.24, 2.45) is 0 Å². The van der Waals surface area contributed by atoms with Gasteiger partial charge in [0.15, 0.2) is 0 Å². The number of imidazole rings is 1. The fourth-order valence-corrected chi connectivity index (χ4v) is 1.92. The first-order chi connectivity index (χ1) is 9.00. The van der Waals surface area contributed by atoms with Crippen LogP contribution in [0, 0.1) is 0 Å². The average molecular weight is 263 g/mol. The number of hydrogen-bond acceptors (Lipinski definition) is 3. The van der Waals surface area contributed by atoms with Crippen LogP contribution in [-0.4, -0.2) is 33.1 Å². The van der Waals surface area contributed by atoms with Gasteiger partial charge in [-0.25, -0.2) is 9.59 Å². The number of carbonyl (C=O) groups is 2.